The highest BCUT2D eigenvalue weighted by molar-refractivity contribution is 6.02. The zero-order valence-electron chi connectivity index (χ0n) is 21.0. The molecule has 0 spiro atoms. The Morgan fingerprint density at radius 1 is 1.14 bits per heavy atom. The van der Waals surface area contributed by atoms with Crippen LogP contribution in [0, 0.1) is 0 Å². The first-order valence-electron chi connectivity index (χ1n) is 12.0. The maximum atomic E-state index is 12.6. The molecule has 1 aromatic carbocycles. The van der Waals surface area contributed by atoms with Gasteiger partial charge >= 0.3 is 12.0 Å². The van der Waals surface area contributed by atoms with Crippen LogP contribution in [-0.4, -0.2) is 70.3 Å². The molecule has 0 bridgehead atoms. The van der Waals surface area contributed by atoms with Gasteiger partial charge in [0.15, 0.2) is 11.5 Å². The largest absolute Gasteiger partial charge is 0.462 e. The van der Waals surface area contributed by atoms with Crippen LogP contribution in [0.25, 0.3) is 11.0 Å². The minimum atomic E-state index is -0.589. The molecule has 0 radical (unpaired) electrons. The Labute approximate surface area is 210 Å². The van der Waals surface area contributed by atoms with Crippen molar-refractivity contribution in [3.8, 4) is 0 Å². The zero-order valence-corrected chi connectivity index (χ0v) is 21.0. The minimum Gasteiger partial charge on any atom is -0.462 e. The Hall–Kier alpha value is -3.83. The molecule has 1 fully saturated rings. The van der Waals surface area contributed by atoms with Crippen LogP contribution in [0.15, 0.2) is 42.6 Å². The number of amides is 2. The molecule has 2 amide bonds. The molecule has 11 heteroatoms. The lowest BCUT2D eigenvalue weighted by molar-refractivity contribution is 0.0527. The number of carbonyl (C=O) groups excluding carboxylic acids is 2. The quantitative estimate of drug-likeness (QED) is 0.445. The lowest BCUT2D eigenvalue weighted by Crippen LogP contribution is -2.51. The van der Waals surface area contributed by atoms with E-state index in [1.165, 1.54) is 0 Å². The first kappa shape index (κ1) is 25.3. The summed E-state index contributed by atoms with van der Waals surface area (Å²) < 4.78 is 5.19. The number of hydrogen-bond donors (Lipinski definition) is 3. The third-order valence-corrected chi connectivity index (χ3v) is 5.34. The molecule has 4 rings (SSSR count). The van der Waals surface area contributed by atoms with Crippen LogP contribution in [0.3, 0.4) is 0 Å². The monoisotopic (exact) mass is 492 g/mol. The number of aromatic nitrogens is 3. The number of urea groups is 1. The van der Waals surface area contributed by atoms with E-state index in [9.17, 15) is 9.59 Å². The number of anilines is 3. The summed E-state index contributed by atoms with van der Waals surface area (Å²) in [5.41, 5.74) is 0.923. The highest BCUT2D eigenvalue weighted by atomic mass is 16.5. The van der Waals surface area contributed by atoms with E-state index in [1.807, 2.05) is 56.1 Å². The van der Waals surface area contributed by atoms with Gasteiger partial charge < -0.3 is 15.4 Å². The SMILES string of the molecule is CCOC(=O)c1cc2cnc(N(c3ccccc3)N3CCNCC3)nc2nc1NC(=O)NC(C)(C)C. The van der Waals surface area contributed by atoms with Crippen molar-refractivity contribution in [2.75, 3.05) is 43.1 Å². The number of carbonyl (C=O) groups is 2. The molecule has 190 valence electrons. The van der Waals surface area contributed by atoms with Crippen LogP contribution in [0.1, 0.15) is 38.1 Å². The fourth-order valence-corrected chi connectivity index (χ4v) is 3.82. The Morgan fingerprint density at radius 2 is 1.86 bits per heavy atom. The summed E-state index contributed by atoms with van der Waals surface area (Å²) in [7, 11) is 0. The smallest absolute Gasteiger partial charge is 0.341 e. The van der Waals surface area contributed by atoms with Gasteiger partial charge in [-0.2, -0.15) is 4.98 Å². The molecule has 1 aliphatic heterocycles. The van der Waals surface area contributed by atoms with Gasteiger partial charge in [-0.15, -0.1) is 0 Å². The van der Waals surface area contributed by atoms with Crippen LogP contribution in [0.4, 0.5) is 22.2 Å². The van der Waals surface area contributed by atoms with Crippen LogP contribution in [0.5, 0.6) is 0 Å². The van der Waals surface area contributed by atoms with Gasteiger partial charge in [0.2, 0.25) is 5.95 Å². The molecular formula is C25H32N8O3. The second-order valence-electron chi connectivity index (χ2n) is 9.37. The second kappa shape index (κ2) is 10.8. The normalized spacial score (nSPS) is 14.3. The summed E-state index contributed by atoms with van der Waals surface area (Å²) in [6.07, 6.45) is 1.63. The molecule has 36 heavy (non-hydrogen) atoms. The van der Waals surface area contributed by atoms with Crippen molar-refractivity contribution in [3.05, 3.63) is 48.2 Å². The van der Waals surface area contributed by atoms with Crippen molar-refractivity contribution in [2.45, 2.75) is 33.2 Å². The van der Waals surface area contributed by atoms with Gasteiger partial charge in [-0.3, -0.25) is 5.32 Å². The summed E-state index contributed by atoms with van der Waals surface area (Å²) in [4.78, 5) is 39.1. The number of para-hydroxylation sites is 1. The maximum absolute atomic E-state index is 12.6. The van der Waals surface area contributed by atoms with Crippen molar-refractivity contribution in [2.24, 2.45) is 0 Å². The van der Waals surface area contributed by atoms with Gasteiger partial charge in [0.25, 0.3) is 0 Å². The number of fused-ring (bicyclic) bond motifs is 1. The molecule has 0 atom stereocenters. The predicted octanol–water partition coefficient (Wildman–Crippen LogP) is 3.08. The molecule has 3 N–H and O–H groups in total. The Balaban J connectivity index is 1.77. The van der Waals surface area contributed by atoms with Crippen molar-refractivity contribution in [1.29, 1.82) is 0 Å². The highest BCUT2D eigenvalue weighted by Gasteiger charge is 2.25. The third kappa shape index (κ3) is 6.04. The van der Waals surface area contributed by atoms with E-state index in [1.54, 1.807) is 19.2 Å². The number of ether oxygens (including phenoxy) is 1. The zero-order chi connectivity index (χ0) is 25.7. The van der Waals surface area contributed by atoms with Crippen molar-refractivity contribution >= 4 is 40.5 Å². The summed E-state index contributed by atoms with van der Waals surface area (Å²) in [6.45, 7) is 10.7. The number of esters is 1. The summed E-state index contributed by atoms with van der Waals surface area (Å²) in [5, 5.41) is 13.6. The fraction of sp³-hybridized carbons (Fsp3) is 0.400. The van der Waals surface area contributed by atoms with E-state index in [0.29, 0.717) is 17.0 Å². The lowest BCUT2D eigenvalue weighted by Gasteiger charge is -2.37. The molecular weight excluding hydrogens is 460 g/mol. The topological polar surface area (TPSA) is 125 Å². The van der Waals surface area contributed by atoms with Gasteiger partial charge in [-0.25, -0.2) is 29.6 Å². The molecule has 3 aromatic rings. The van der Waals surface area contributed by atoms with Gasteiger partial charge in [-0.05, 0) is 45.9 Å². The average Bonchev–Trinajstić information content (AvgIpc) is 2.84. The number of nitrogens with one attached hydrogen (secondary N) is 3. The molecule has 2 aromatic heterocycles. The molecule has 11 nitrogen and oxygen atoms in total. The average molecular weight is 493 g/mol. The predicted molar refractivity (Wildman–Crippen MR) is 138 cm³/mol. The van der Waals surface area contributed by atoms with E-state index in [0.717, 1.165) is 31.9 Å². The van der Waals surface area contributed by atoms with Crippen molar-refractivity contribution < 1.29 is 14.3 Å². The number of hydrogen-bond acceptors (Lipinski definition) is 9. The van der Waals surface area contributed by atoms with Crippen molar-refractivity contribution in [3.63, 3.8) is 0 Å². The number of nitrogens with zero attached hydrogens (tertiary/aromatic N) is 5. The van der Waals surface area contributed by atoms with Crippen molar-refractivity contribution in [1.82, 2.24) is 30.6 Å². The van der Waals surface area contributed by atoms with Gasteiger partial charge in [-0.1, -0.05) is 18.2 Å². The van der Waals surface area contributed by atoms with Crippen LogP contribution < -0.4 is 21.0 Å². The molecule has 0 aliphatic carbocycles. The van der Waals surface area contributed by atoms with E-state index in [4.69, 9.17) is 9.72 Å². The lowest BCUT2D eigenvalue weighted by atomic mass is 10.1. The van der Waals surface area contributed by atoms with Crippen LogP contribution in [0.2, 0.25) is 0 Å². The Bertz CT molecular complexity index is 1220. The number of hydrazine groups is 1. The second-order valence-corrected chi connectivity index (χ2v) is 9.37. The molecule has 0 unspecified atom stereocenters. The number of rotatable bonds is 6. The first-order chi connectivity index (χ1) is 17.2. The summed E-state index contributed by atoms with van der Waals surface area (Å²) >= 11 is 0. The molecule has 1 saturated heterocycles. The van der Waals surface area contributed by atoms with Crippen LogP contribution in [-0.2, 0) is 4.74 Å². The minimum absolute atomic E-state index is 0.0702. The van der Waals surface area contributed by atoms with E-state index in [2.05, 4.69) is 30.9 Å². The first-order valence-corrected chi connectivity index (χ1v) is 12.0. The third-order valence-electron chi connectivity index (χ3n) is 5.34. The highest BCUT2D eigenvalue weighted by Crippen LogP contribution is 2.27. The molecule has 1 aliphatic rings. The Kier molecular flexibility index (Phi) is 7.61. The van der Waals surface area contributed by atoms with Crippen LogP contribution >= 0.6 is 0 Å². The summed E-state index contributed by atoms with van der Waals surface area (Å²) in [6, 6.07) is 11.0. The molecule has 3 heterocycles. The molecule has 0 saturated carbocycles. The van der Waals surface area contributed by atoms with E-state index >= 15 is 0 Å². The van der Waals surface area contributed by atoms with Gasteiger partial charge in [0.1, 0.15) is 5.56 Å². The number of benzene rings is 1. The summed E-state index contributed by atoms with van der Waals surface area (Å²) in [5.74, 6) is -0.0772. The Morgan fingerprint density at radius 3 is 2.53 bits per heavy atom. The van der Waals surface area contributed by atoms with Gasteiger partial charge in [0, 0.05) is 43.3 Å². The van der Waals surface area contributed by atoms with E-state index in [-0.39, 0.29) is 18.0 Å². The maximum Gasteiger partial charge on any atom is 0.341 e. The van der Waals surface area contributed by atoms with Gasteiger partial charge in [0.05, 0.1) is 12.3 Å². The number of pyridine rings is 1. The standard InChI is InChI=1S/C25H32N8O3/c1-5-36-22(34)19-15-17-16-27-23(29-20(17)28-21(19)30-24(35)31-25(2,3)4)33(18-9-7-6-8-10-18)32-13-11-26-12-14-32/h6-10,15-16,26H,5,11-14H2,1-4H3,(H2,27,28,29,30,31,35). The fourth-order valence-electron chi connectivity index (χ4n) is 3.82. The van der Waals surface area contributed by atoms with E-state index < -0.39 is 17.5 Å². The number of piperazine rings is 1.